The number of carboxylic acid groups (broad SMARTS) is 1. The van der Waals surface area contributed by atoms with Gasteiger partial charge in [-0.3, -0.25) is 24.2 Å². The molecule has 14 N–H and O–H groups in total. The van der Waals surface area contributed by atoms with E-state index in [1.807, 2.05) is 0 Å². The highest BCUT2D eigenvalue weighted by molar-refractivity contribution is 5.94. The Hall–Kier alpha value is -4.25. The van der Waals surface area contributed by atoms with Gasteiger partial charge in [0.05, 0.1) is 18.5 Å². The monoisotopic (exact) mass is 540 g/mol. The molecule has 1 aromatic heterocycles. The lowest BCUT2D eigenvalue weighted by Gasteiger charge is -2.25. The number of hydrogen-bond donors (Lipinski definition) is 10. The van der Waals surface area contributed by atoms with E-state index in [1.54, 1.807) is 0 Å². The second-order valence-electron chi connectivity index (χ2n) is 8.53. The number of amides is 4. The molecule has 17 nitrogen and oxygen atoms in total. The number of imidazole rings is 1. The molecule has 0 aliphatic heterocycles. The lowest BCUT2D eigenvalue weighted by Crippen LogP contribution is -2.58. The number of carbonyl (C=O) groups is 5. The van der Waals surface area contributed by atoms with Crippen LogP contribution < -0.4 is 38.9 Å². The fourth-order valence-electron chi connectivity index (χ4n) is 3.25. The van der Waals surface area contributed by atoms with Gasteiger partial charge in [0.25, 0.3) is 0 Å². The molecule has 17 heteroatoms. The molecule has 0 saturated carbocycles. The first kappa shape index (κ1) is 31.8. The van der Waals surface area contributed by atoms with Gasteiger partial charge >= 0.3 is 5.97 Å². The number of hydrogen-bond acceptors (Lipinski definition) is 9. The van der Waals surface area contributed by atoms with Crippen molar-refractivity contribution in [3.05, 3.63) is 18.2 Å². The topological polar surface area (TPSA) is 307 Å². The van der Waals surface area contributed by atoms with Crippen LogP contribution in [0, 0.1) is 0 Å². The number of primary amides is 1. The molecule has 212 valence electrons. The number of aliphatic hydroxyl groups excluding tert-OH is 1. The van der Waals surface area contributed by atoms with E-state index in [1.165, 1.54) is 12.5 Å². The highest BCUT2D eigenvalue weighted by Gasteiger charge is 2.32. The van der Waals surface area contributed by atoms with Crippen LogP contribution in [0.3, 0.4) is 0 Å². The number of aliphatic carboxylic acids is 1. The summed E-state index contributed by atoms with van der Waals surface area (Å²) >= 11 is 0. The Morgan fingerprint density at radius 3 is 2.16 bits per heavy atom. The molecule has 38 heavy (non-hydrogen) atoms. The molecule has 0 radical (unpaired) electrons. The SMILES string of the molecule is CC(O)C(NC(=O)C(CCC(N)=O)NC(=O)C(CCCN=C(N)N)NC(=O)C(N)Cc1cnc[nH]1)C(=O)O. The summed E-state index contributed by atoms with van der Waals surface area (Å²) in [6, 6.07) is -5.32. The van der Waals surface area contributed by atoms with Crippen molar-refractivity contribution >= 4 is 35.6 Å². The molecule has 1 heterocycles. The van der Waals surface area contributed by atoms with Crippen LogP contribution in [-0.2, 0) is 30.4 Å². The maximum atomic E-state index is 13.1. The van der Waals surface area contributed by atoms with Crippen LogP contribution in [0.15, 0.2) is 17.5 Å². The third-order valence-electron chi connectivity index (χ3n) is 5.27. The zero-order chi connectivity index (χ0) is 28.8. The standard InChI is InChI=1S/C21H36N10O7/c1-10(32)16(20(37)38)31-19(36)14(4-5-15(23)33)30-18(35)13(3-2-6-27-21(24)25)29-17(34)12(22)7-11-8-26-9-28-11/h8-10,12-14,16,32H,2-7,22H2,1H3,(H2,23,33)(H,26,28)(H,29,34)(H,30,35)(H,31,36)(H,37,38)(H4,24,25,27). The molecule has 5 atom stereocenters. The van der Waals surface area contributed by atoms with Crippen LogP contribution >= 0.6 is 0 Å². The Morgan fingerprint density at radius 1 is 1.03 bits per heavy atom. The number of guanidine groups is 1. The number of carbonyl (C=O) groups excluding carboxylic acids is 4. The maximum absolute atomic E-state index is 13.1. The predicted octanol–water partition coefficient (Wildman–Crippen LogP) is -4.48. The number of nitrogens with one attached hydrogen (secondary N) is 4. The lowest BCUT2D eigenvalue weighted by molar-refractivity contribution is -0.145. The minimum absolute atomic E-state index is 0.0424. The van der Waals surface area contributed by atoms with Gasteiger partial charge in [0, 0.05) is 31.3 Å². The number of carboxylic acids is 1. The van der Waals surface area contributed by atoms with Crippen LogP contribution in [0.1, 0.15) is 38.3 Å². The van der Waals surface area contributed by atoms with Crippen molar-refractivity contribution in [3.8, 4) is 0 Å². The Bertz CT molecular complexity index is 979. The van der Waals surface area contributed by atoms with E-state index in [2.05, 4.69) is 30.9 Å². The first-order chi connectivity index (χ1) is 17.8. The van der Waals surface area contributed by atoms with Crippen LogP contribution in [-0.4, -0.2) is 92.6 Å². The predicted molar refractivity (Wildman–Crippen MR) is 134 cm³/mol. The van der Waals surface area contributed by atoms with Crippen molar-refractivity contribution in [2.75, 3.05) is 6.54 Å². The van der Waals surface area contributed by atoms with Crippen molar-refractivity contribution in [1.82, 2.24) is 25.9 Å². The van der Waals surface area contributed by atoms with Crippen molar-refractivity contribution in [1.29, 1.82) is 0 Å². The summed E-state index contributed by atoms with van der Waals surface area (Å²) in [4.78, 5) is 71.7. The van der Waals surface area contributed by atoms with Crippen molar-refractivity contribution in [2.45, 2.75) is 69.3 Å². The summed E-state index contributed by atoms with van der Waals surface area (Å²) in [5, 5.41) is 25.9. The van der Waals surface area contributed by atoms with Gasteiger partial charge in [0.2, 0.25) is 23.6 Å². The summed E-state index contributed by atoms with van der Waals surface area (Å²) < 4.78 is 0. The molecular weight excluding hydrogens is 504 g/mol. The average molecular weight is 541 g/mol. The van der Waals surface area contributed by atoms with Crippen molar-refractivity contribution in [3.63, 3.8) is 0 Å². The van der Waals surface area contributed by atoms with E-state index in [0.29, 0.717) is 5.69 Å². The molecule has 0 fully saturated rings. The number of aliphatic hydroxyl groups is 1. The lowest BCUT2D eigenvalue weighted by atomic mass is 10.1. The van der Waals surface area contributed by atoms with Gasteiger partial charge in [0.15, 0.2) is 12.0 Å². The van der Waals surface area contributed by atoms with Crippen LogP contribution in [0.25, 0.3) is 0 Å². The Balaban J connectivity index is 3.04. The molecule has 1 rings (SSSR count). The Morgan fingerprint density at radius 2 is 1.63 bits per heavy atom. The number of aromatic amines is 1. The summed E-state index contributed by atoms with van der Waals surface area (Å²) in [7, 11) is 0. The van der Waals surface area contributed by atoms with E-state index < -0.39 is 59.9 Å². The maximum Gasteiger partial charge on any atom is 0.328 e. The molecule has 0 bridgehead atoms. The van der Waals surface area contributed by atoms with Gasteiger partial charge in [-0.25, -0.2) is 9.78 Å². The average Bonchev–Trinajstić information content (AvgIpc) is 3.33. The number of rotatable bonds is 17. The molecule has 0 spiro atoms. The first-order valence-electron chi connectivity index (χ1n) is 11.7. The van der Waals surface area contributed by atoms with Gasteiger partial charge < -0.3 is 54.1 Å². The molecule has 0 aliphatic carbocycles. The molecule has 1 aromatic rings. The third-order valence-corrected chi connectivity index (χ3v) is 5.27. The van der Waals surface area contributed by atoms with Gasteiger partial charge in [-0.1, -0.05) is 0 Å². The largest absolute Gasteiger partial charge is 0.480 e. The fourth-order valence-corrected chi connectivity index (χ4v) is 3.25. The van der Waals surface area contributed by atoms with Gasteiger partial charge in [-0.15, -0.1) is 0 Å². The number of nitrogens with zero attached hydrogens (tertiary/aromatic N) is 2. The summed E-state index contributed by atoms with van der Waals surface area (Å²) in [6.07, 6.45) is 1.27. The quantitative estimate of drug-likeness (QED) is 0.0510. The van der Waals surface area contributed by atoms with Crippen LogP contribution in [0.5, 0.6) is 0 Å². The highest BCUT2D eigenvalue weighted by Crippen LogP contribution is 2.06. The van der Waals surface area contributed by atoms with Crippen LogP contribution in [0.2, 0.25) is 0 Å². The number of H-pyrrole nitrogens is 1. The molecule has 5 unspecified atom stereocenters. The third kappa shape index (κ3) is 11.7. The van der Waals surface area contributed by atoms with E-state index in [9.17, 15) is 34.2 Å². The van der Waals surface area contributed by atoms with Gasteiger partial charge in [-0.05, 0) is 26.2 Å². The first-order valence-corrected chi connectivity index (χ1v) is 11.7. The minimum atomic E-state index is -1.67. The molecule has 0 aromatic carbocycles. The summed E-state index contributed by atoms with van der Waals surface area (Å²) in [5.74, 6) is -4.90. The minimum Gasteiger partial charge on any atom is -0.480 e. The fraction of sp³-hybridized carbons (Fsp3) is 0.571. The van der Waals surface area contributed by atoms with Crippen molar-refractivity contribution < 1.29 is 34.2 Å². The summed E-state index contributed by atoms with van der Waals surface area (Å²) in [6.45, 7) is 1.30. The van der Waals surface area contributed by atoms with Crippen molar-refractivity contribution in [2.24, 2.45) is 27.9 Å². The van der Waals surface area contributed by atoms with E-state index in [-0.39, 0.29) is 44.6 Å². The van der Waals surface area contributed by atoms with Gasteiger partial charge in [0.1, 0.15) is 12.1 Å². The number of nitrogens with two attached hydrogens (primary N) is 4. The molecule has 0 saturated heterocycles. The normalized spacial score (nSPS) is 14.7. The molecule has 4 amide bonds. The number of aromatic nitrogens is 2. The second-order valence-corrected chi connectivity index (χ2v) is 8.53. The van der Waals surface area contributed by atoms with Gasteiger partial charge in [-0.2, -0.15) is 0 Å². The zero-order valence-electron chi connectivity index (χ0n) is 20.9. The highest BCUT2D eigenvalue weighted by atomic mass is 16.4. The Kier molecular flexibility index (Phi) is 13.2. The van der Waals surface area contributed by atoms with E-state index in [0.717, 1.165) is 6.92 Å². The Labute approximate surface area is 218 Å². The van der Waals surface area contributed by atoms with E-state index in [4.69, 9.17) is 22.9 Å². The van der Waals surface area contributed by atoms with Crippen LogP contribution in [0.4, 0.5) is 0 Å². The zero-order valence-corrected chi connectivity index (χ0v) is 20.9. The molecule has 0 aliphatic rings. The smallest absolute Gasteiger partial charge is 0.328 e. The summed E-state index contributed by atoms with van der Waals surface area (Å²) in [5.41, 5.74) is 22.3. The van der Waals surface area contributed by atoms with E-state index >= 15 is 0 Å². The second kappa shape index (κ2) is 15.8. The molecular formula is C21H36N10O7. The number of aliphatic imine (C=N–C) groups is 1.